The molecule has 0 bridgehead atoms. The van der Waals surface area contributed by atoms with Crippen LogP contribution in [0.3, 0.4) is 0 Å². The number of hydrogen-bond donors (Lipinski definition) is 1. The first-order chi connectivity index (χ1) is 19.5. The van der Waals surface area contributed by atoms with E-state index >= 15 is 0 Å². The molecule has 0 spiro atoms. The lowest BCUT2D eigenvalue weighted by Crippen LogP contribution is -2.53. The number of amides is 1. The van der Waals surface area contributed by atoms with Crippen LogP contribution in [-0.2, 0) is 4.79 Å². The summed E-state index contributed by atoms with van der Waals surface area (Å²) in [4.78, 5) is 15.1. The van der Waals surface area contributed by atoms with Gasteiger partial charge in [-0.25, -0.2) is 5.01 Å². The average molecular weight is 552 g/mol. The zero-order chi connectivity index (χ0) is 28.7. The standard InChI is InChI=1S/C33H49N3O4/c1-6-7-8-9-10-11-12-13-23-40-33-29(38-4)24-28(25-30(33)39-5)17-18-31(37)34-36-21-19-35(20-22-36)32-26(2)15-14-16-27(32)3/h14-18,24-25H,6-13,19-23H2,1-5H3,(H,34,37). The van der Waals surface area contributed by atoms with Crippen molar-refractivity contribution in [3.8, 4) is 17.2 Å². The number of anilines is 1. The molecule has 1 fully saturated rings. The molecule has 1 saturated heterocycles. The summed E-state index contributed by atoms with van der Waals surface area (Å²) in [5, 5.41) is 1.99. The molecule has 7 heteroatoms. The van der Waals surface area contributed by atoms with Gasteiger partial charge in [0.15, 0.2) is 11.5 Å². The number of carbonyl (C=O) groups is 1. The highest BCUT2D eigenvalue weighted by molar-refractivity contribution is 5.91. The molecule has 1 heterocycles. The molecule has 220 valence electrons. The average Bonchev–Trinajstić information content (AvgIpc) is 2.96. The smallest absolute Gasteiger partial charge is 0.258 e. The molecule has 0 aromatic heterocycles. The van der Waals surface area contributed by atoms with Crippen LogP contribution in [0.1, 0.15) is 75.0 Å². The molecule has 0 saturated carbocycles. The van der Waals surface area contributed by atoms with E-state index < -0.39 is 0 Å². The number of aryl methyl sites for hydroxylation is 2. The second-order valence-corrected chi connectivity index (χ2v) is 10.6. The molecule has 1 aliphatic heterocycles. The Bertz CT molecular complexity index is 1050. The number of methoxy groups -OCH3 is 2. The first kappa shape index (κ1) is 31.3. The summed E-state index contributed by atoms with van der Waals surface area (Å²) in [6, 6.07) is 10.2. The van der Waals surface area contributed by atoms with E-state index in [9.17, 15) is 4.79 Å². The van der Waals surface area contributed by atoms with Gasteiger partial charge in [-0.1, -0.05) is 70.1 Å². The number of hydrazine groups is 1. The Balaban J connectivity index is 1.48. The van der Waals surface area contributed by atoms with Crippen molar-refractivity contribution in [1.82, 2.24) is 10.4 Å². The van der Waals surface area contributed by atoms with Crippen molar-refractivity contribution < 1.29 is 19.0 Å². The molecule has 0 radical (unpaired) electrons. The fraction of sp³-hybridized carbons (Fsp3) is 0.545. The summed E-state index contributed by atoms with van der Waals surface area (Å²) in [7, 11) is 3.24. The van der Waals surface area contributed by atoms with Crippen LogP contribution >= 0.6 is 0 Å². The lowest BCUT2D eigenvalue weighted by molar-refractivity contribution is -0.121. The number of piperazine rings is 1. The number of nitrogens with zero attached hydrogens (tertiary/aromatic N) is 2. The third-order valence-corrected chi connectivity index (χ3v) is 7.46. The number of ether oxygens (including phenoxy) is 3. The summed E-state index contributed by atoms with van der Waals surface area (Å²) >= 11 is 0. The van der Waals surface area contributed by atoms with Crippen LogP contribution < -0.4 is 24.5 Å². The highest BCUT2D eigenvalue weighted by Gasteiger charge is 2.20. The van der Waals surface area contributed by atoms with E-state index in [4.69, 9.17) is 14.2 Å². The largest absolute Gasteiger partial charge is 0.493 e. The van der Waals surface area contributed by atoms with Gasteiger partial charge in [0.1, 0.15) is 0 Å². The number of benzene rings is 2. The molecule has 1 amide bonds. The van der Waals surface area contributed by atoms with Crippen LogP contribution in [0.15, 0.2) is 36.4 Å². The third-order valence-electron chi connectivity index (χ3n) is 7.46. The normalized spacial score (nSPS) is 14.0. The lowest BCUT2D eigenvalue weighted by atomic mass is 10.1. The van der Waals surface area contributed by atoms with Gasteiger partial charge in [-0.2, -0.15) is 0 Å². The molecular formula is C33H49N3O4. The first-order valence-electron chi connectivity index (χ1n) is 14.9. The molecule has 0 atom stereocenters. The Morgan fingerprint density at radius 1 is 0.875 bits per heavy atom. The van der Waals surface area contributed by atoms with Gasteiger partial charge in [0, 0.05) is 37.9 Å². The topological polar surface area (TPSA) is 63.3 Å². The second-order valence-electron chi connectivity index (χ2n) is 10.6. The molecule has 1 N–H and O–H groups in total. The SMILES string of the molecule is CCCCCCCCCCOc1c(OC)cc(C=CC(=O)NN2CCN(c3c(C)cccc3C)CC2)cc1OC. The van der Waals surface area contributed by atoms with E-state index in [1.54, 1.807) is 26.4 Å². The number of carbonyl (C=O) groups excluding carboxylic acids is 1. The predicted octanol–water partition coefficient (Wildman–Crippen LogP) is 6.71. The molecule has 0 unspecified atom stereocenters. The maximum absolute atomic E-state index is 12.7. The van der Waals surface area contributed by atoms with Crippen LogP contribution in [0.2, 0.25) is 0 Å². The van der Waals surface area contributed by atoms with Gasteiger partial charge in [0.2, 0.25) is 5.75 Å². The van der Waals surface area contributed by atoms with E-state index in [2.05, 4.69) is 49.3 Å². The molecular weight excluding hydrogens is 502 g/mol. The van der Waals surface area contributed by atoms with Crippen molar-refractivity contribution in [2.75, 3.05) is 51.9 Å². The summed E-state index contributed by atoms with van der Waals surface area (Å²) in [5.41, 5.74) is 7.70. The highest BCUT2D eigenvalue weighted by Crippen LogP contribution is 2.39. The van der Waals surface area contributed by atoms with Crippen molar-refractivity contribution in [1.29, 1.82) is 0 Å². The molecule has 2 aromatic carbocycles. The van der Waals surface area contributed by atoms with Gasteiger partial charge in [0.05, 0.1) is 20.8 Å². The molecule has 7 nitrogen and oxygen atoms in total. The van der Waals surface area contributed by atoms with Crippen LogP contribution in [0.25, 0.3) is 6.08 Å². The summed E-state index contributed by atoms with van der Waals surface area (Å²) in [6.45, 7) is 10.4. The third kappa shape index (κ3) is 9.47. The lowest BCUT2D eigenvalue weighted by Gasteiger charge is -2.37. The van der Waals surface area contributed by atoms with Gasteiger partial charge >= 0.3 is 0 Å². The van der Waals surface area contributed by atoms with Gasteiger partial charge in [-0.3, -0.25) is 10.2 Å². The van der Waals surface area contributed by atoms with E-state index in [1.165, 1.54) is 55.3 Å². The van der Waals surface area contributed by atoms with Gasteiger partial charge in [-0.05, 0) is 55.2 Å². The number of rotatable bonds is 16. The zero-order valence-corrected chi connectivity index (χ0v) is 25.3. The van der Waals surface area contributed by atoms with Gasteiger partial charge in [-0.15, -0.1) is 0 Å². The summed E-state index contributed by atoms with van der Waals surface area (Å²) < 4.78 is 17.3. The Morgan fingerprint density at radius 2 is 1.45 bits per heavy atom. The Kier molecular flexibility index (Phi) is 13.2. The minimum absolute atomic E-state index is 0.159. The molecule has 0 aliphatic carbocycles. The fourth-order valence-corrected chi connectivity index (χ4v) is 5.26. The van der Waals surface area contributed by atoms with Crippen molar-refractivity contribution in [2.45, 2.75) is 72.1 Å². The monoisotopic (exact) mass is 551 g/mol. The van der Waals surface area contributed by atoms with Crippen molar-refractivity contribution >= 4 is 17.7 Å². The molecule has 1 aliphatic rings. The Morgan fingerprint density at radius 3 is 2.02 bits per heavy atom. The van der Waals surface area contributed by atoms with Crippen LogP contribution in [0.4, 0.5) is 5.69 Å². The number of hydrogen-bond acceptors (Lipinski definition) is 6. The van der Waals surface area contributed by atoms with E-state index in [1.807, 2.05) is 17.1 Å². The van der Waals surface area contributed by atoms with Crippen molar-refractivity contribution in [2.24, 2.45) is 0 Å². The highest BCUT2D eigenvalue weighted by atomic mass is 16.5. The van der Waals surface area contributed by atoms with Crippen molar-refractivity contribution in [3.05, 3.63) is 53.1 Å². The Labute approximate surface area is 241 Å². The Hall–Kier alpha value is -3.19. The summed E-state index contributed by atoms with van der Waals surface area (Å²) in [5.74, 6) is 1.65. The van der Waals surface area contributed by atoms with Crippen LogP contribution in [-0.4, -0.2) is 57.9 Å². The fourth-order valence-electron chi connectivity index (χ4n) is 5.26. The number of para-hydroxylation sites is 1. The van der Waals surface area contributed by atoms with Crippen molar-refractivity contribution in [3.63, 3.8) is 0 Å². The minimum atomic E-state index is -0.159. The predicted molar refractivity (Wildman–Crippen MR) is 165 cm³/mol. The maximum Gasteiger partial charge on any atom is 0.258 e. The molecule has 40 heavy (non-hydrogen) atoms. The maximum atomic E-state index is 12.7. The second kappa shape index (κ2) is 16.8. The van der Waals surface area contributed by atoms with Crippen LogP contribution in [0, 0.1) is 13.8 Å². The van der Waals surface area contributed by atoms with Crippen LogP contribution in [0.5, 0.6) is 17.2 Å². The summed E-state index contributed by atoms with van der Waals surface area (Å²) in [6.07, 6.45) is 13.3. The van der Waals surface area contributed by atoms with Gasteiger partial charge in [0.25, 0.3) is 5.91 Å². The van der Waals surface area contributed by atoms with Gasteiger partial charge < -0.3 is 19.1 Å². The number of nitrogens with one attached hydrogen (secondary N) is 1. The first-order valence-corrected chi connectivity index (χ1v) is 14.9. The number of unbranched alkanes of at least 4 members (excludes halogenated alkanes) is 7. The quantitative estimate of drug-likeness (QED) is 0.185. The molecule has 3 rings (SSSR count). The molecule has 2 aromatic rings. The van der Waals surface area contributed by atoms with E-state index in [-0.39, 0.29) is 5.91 Å². The zero-order valence-electron chi connectivity index (χ0n) is 25.3. The van der Waals surface area contributed by atoms with E-state index in [0.29, 0.717) is 23.9 Å². The minimum Gasteiger partial charge on any atom is -0.493 e. The van der Waals surface area contributed by atoms with E-state index in [0.717, 1.165) is 44.6 Å².